The number of carbonyl (C=O) groups excluding carboxylic acids is 1. The maximum Gasteiger partial charge on any atom is 0.258 e. The Labute approximate surface area is 110 Å². The number of H-pyrrole nitrogens is 1. The third kappa shape index (κ3) is 2.63. The van der Waals surface area contributed by atoms with Gasteiger partial charge >= 0.3 is 0 Å². The number of amides is 1. The van der Waals surface area contributed by atoms with Crippen LogP contribution in [0.25, 0.3) is 0 Å². The van der Waals surface area contributed by atoms with Gasteiger partial charge in [0, 0.05) is 18.1 Å². The second kappa shape index (κ2) is 5.19. The molecule has 1 aliphatic heterocycles. The first kappa shape index (κ1) is 11.9. The number of aromatic nitrogens is 3. The average Bonchev–Trinajstić information content (AvgIpc) is 3.12. The number of rotatable bonds is 3. The second-order valence-corrected chi connectivity index (χ2v) is 4.47. The molecule has 0 bridgehead atoms. The second-order valence-electron chi connectivity index (χ2n) is 4.47. The molecule has 1 aliphatic rings. The fraction of sp³-hybridized carbons (Fsp3) is 0.308. The van der Waals surface area contributed by atoms with Crippen molar-refractivity contribution in [2.45, 2.75) is 12.3 Å². The topological polar surface area (TPSA) is 79.9 Å². The van der Waals surface area contributed by atoms with Crippen molar-refractivity contribution < 1.29 is 9.53 Å². The minimum Gasteiger partial charge on any atom is -0.381 e. The summed E-state index contributed by atoms with van der Waals surface area (Å²) in [4.78, 5) is 15.9. The van der Waals surface area contributed by atoms with Crippen LogP contribution in [0.2, 0.25) is 0 Å². The molecular weight excluding hydrogens is 244 g/mol. The molecule has 2 aromatic rings. The van der Waals surface area contributed by atoms with Crippen LogP contribution in [0.3, 0.4) is 0 Å². The van der Waals surface area contributed by atoms with Crippen LogP contribution in [-0.4, -0.2) is 34.3 Å². The smallest absolute Gasteiger partial charge is 0.258 e. The largest absolute Gasteiger partial charge is 0.381 e. The van der Waals surface area contributed by atoms with E-state index in [0.29, 0.717) is 17.4 Å². The molecule has 1 unspecified atom stereocenters. The fourth-order valence-electron chi connectivity index (χ4n) is 2.18. The van der Waals surface area contributed by atoms with E-state index in [0.717, 1.165) is 25.2 Å². The minimum absolute atomic E-state index is 0.197. The fourth-order valence-corrected chi connectivity index (χ4v) is 2.18. The van der Waals surface area contributed by atoms with Crippen LogP contribution in [0.4, 0.5) is 5.95 Å². The third-order valence-corrected chi connectivity index (χ3v) is 3.20. The van der Waals surface area contributed by atoms with Crippen LogP contribution >= 0.6 is 0 Å². The Bertz CT molecular complexity index is 562. The summed E-state index contributed by atoms with van der Waals surface area (Å²) in [5, 5.41) is 8.93. The molecule has 0 radical (unpaired) electrons. The van der Waals surface area contributed by atoms with Crippen molar-refractivity contribution in [3.8, 4) is 0 Å². The van der Waals surface area contributed by atoms with Gasteiger partial charge in [0.1, 0.15) is 6.33 Å². The molecule has 0 spiro atoms. The first-order valence-electron chi connectivity index (χ1n) is 6.17. The summed E-state index contributed by atoms with van der Waals surface area (Å²) >= 11 is 0. The van der Waals surface area contributed by atoms with Gasteiger partial charge in [-0.15, -0.1) is 0 Å². The predicted molar refractivity (Wildman–Crippen MR) is 69.0 cm³/mol. The number of benzene rings is 1. The van der Waals surface area contributed by atoms with Gasteiger partial charge in [-0.2, -0.15) is 10.1 Å². The summed E-state index contributed by atoms with van der Waals surface area (Å²) in [5.41, 5.74) is 1.75. The van der Waals surface area contributed by atoms with E-state index in [-0.39, 0.29) is 5.91 Å². The zero-order valence-corrected chi connectivity index (χ0v) is 10.3. The Morgan fingerprint density at radius 2 is 2.42 bits per heavy atom. The molecule has 6 heteroatoms. The number of anilines is 1. The number of ether oxygens (including phenoxy) is 1. The molecule has 19 heavy (non-hydrogen) atoms. The Kier molecular flexibility index (Phi) is 3.24. The van der Waals surface area contributed by atoms with Crippen molar-refractivity contribution in [2.24, 2.45) is 0 Å². The first-order chi connectivity index (χ1) is 9.33. The summed E-state index contributed by atoms with van der Waals surface area (Å²) in [6.07, 6.45) is 2.36. The van der Waals surface area contributed by atoms with Gasteiger partial charge in [-0.25, -0.2) is 5.10 Å². The summed E-state index contributed by atoms with van der Waals surface area (Å²) in [7, 11) is 0. The van der Waals surface area contributed by atoms with Crippen LogP contribution in [0.1, 0.15) is 28.3 Å². The monoisotopic (exact) mass is 258 g/mol. The van der Waals surface area contributed by atoms with E-state index in [1.54, 1.807) is 6.07 Å². The molecule has 6 nitrogen and oxygen atoms in total. The van der Waals surface area contributed by atoms with E-state index < -0.39 is 0 Å². The van der Waals surface area contributed by atoms with Gasteiger partial charge in [-0.05, 0) is 24.1 Å². The van der Waals surface area contributed by atoms with Gasteiger partial charge in [0.05, 0.1) is 6.61 Å². The predicted octanol–water partition coefficient (Wildman–Crippen LogP) is 1.56. The molecule has 0 saturated carbocycles. The van der Waals surface area contributed by atoms with Crippen LogP contribution in [0.5, 0.6) is 0 Å². The number of nitrogens with one attached hydrogen (secondary N) is 2. The molecule has 3 rings (SSSR count). The van der Waals surface area contributed by atoms with Crippen LogP contribution in [0.15, 0.2) is 30.6 Å². The number of nitrogens with zero attached hydrogens (tertiary/aromatic N) is 2. The van der Waals surface area contributed by atoms with Crippen LogP contribution in [-0.2, 0) is 4.74 Å². The van der Waals surface area contributed by atoms with Gasteiger partial charge in [-0.3, -0.25) is 10.1 Å². The Balaban J connectivity index is 1.76. The van der Waals surface area contributed by atoms with Crippen molar-refractivity contribution in [1.29, 1.82) is 0 Å². The third-order valence-electron chi connectivity index (χ3n) is 3.20. The van der Waals surface area contributed by atoms with E-state index in [1.807, 2.05) is 18.2 Å². The zero-order chi connectivity index (χ0) is 13.1. The number of carbonyl (C=O) groups is 1. The number of hydrogen-bond donors (Lipinski definition) is 2. The maximum atomic E-state index is 12.0. The standard InChI is InChI=1S/C13H14N4O2/c18-12(16-13-14-8-15-17-13)10-3-1-2-9(6-10)11-4-5-19-7-11/h1-3,6,8,11H,4-5,7H2,(H2,14,15,16,17,18). The van der Waals surface area contributed by atoms with Crippen molar-refractivity contribution in [3.05, 3.63) is 41.7 Å². The highest BCUT2D eigenvalue weighted by Gasteiger charge is 2.18. The normalized spacial score (nSPS) is 18.4. The Hall–Kier alpha value is -2.21. The molecule has 1 atom stereocenters. The quantitative estimate of drug-likeness (QED) is 0.875. The average molecular weight is 258 g/mol. The van der Waals surface area contributed by atoms with Crippen molar-refractivity contribution in [1.82, 2.24) is 15.2 Å². The lowest BCUT2D eigenvalue weighted by Crippen LogP contribution is -2.13. The lowest BCUT2D eigenvalue weighted by atomic mass is 9.96. The molecule has 1 aromatic carbocycles. The van der Waals surface area contributed by atoms with Crippen molar-refractivity contribution >= 4 is 11.9 Å². The minimum atomic E-state index is -0.197. The summed E-state index contributed by atoms with van der Waals surface area (Å²) in [6, 6.07) is 7.61. The van der Waals surface area contributed by atoms with Crippen molar-refractivity contribution in [3.63, 3.8) is 0 Å². The number of hydrogen-bond acceptors (Lipinski definition) is 4. The lowest BCUT2D eigenvalue weighted by molar-refractivity contribution is 0.102. The number of aromatic amines is 1. The van der Waals surface area contributed by atoms with E-state index in [4.69, 9.17) is 4.74 Å². The molecule has 98 valence electrons. The highest BCUT2D eigenvalue weighted by molar-refractivity contribution is 6.03. The van der Waals surface area contributed by atoms with E-state index in [2.05, 4.69) is 20.5 Å². The van der Waals surface area contributed by atoms with Gasteiger partial charge in [-0.1, -0.05) is 12.1 Å². The summed E-state index contributed by atoms with van der Waals surface area (Å²) < 4.78 is 5.37. The van der Waals surface area contributed by atoms with Gasteiger partial charge in [0.25, 0.3) is 5.91 Å². The van der Waals surface area contributed by atoms with Gasteiger partial charge in [0.15, 0.2) is 0 Å². The Morgan fingerprint density at radius 3 is 3.16 bits per heavy atom. The van der Waals surface area contributed by atoms with Gasteiger partial charge in [0.2, 0.25) is 5.95 Å². The maximum absolute atomic E-state index is 12.0. The molecule has 1 fully saturated rings. The summed E-state index contributed by atoms with van der Waals surface area (Å²) in [5.74, 6) is 0.537. The van der Waals surface area contributed by atoms with Crippen LogP contribution < -0.4 is 5.32 Å². The molecule has 1 saturated heterocycles. The lowest BCUT2D eigenvalue weighted by Gasteiger charge is -2.09. The van der Waals surface area contributed by atoms with E-state index >= 15 is 0 Å². The summed E-state index contributed by atoms with van der Waals surface area (Å²) in [6.45, 7) is 1.52. The first-order valence-corrected chi connectivity index (χ1v) is 6.17. The molecule has 0 aliphatic carbocycles. The Morgan fingerprint density at radius 1 is 1.47 bits per heavy atom. The highest BCUT2D eigenvalue weighted by Crippen LogP contribution is 2.25. The molecule has 2 heterocycles. The molecule has 1 amide bonds. The molecule has 2 N–H and O–H groups in total. The van der Waals surface area contributed by atoms with Crippen molar-refractivity contribution in [2.75, 3.05) is 18.5 Å². The van der Waals surface area contributed by atoms with Gasteiger partial charge < -0.3 is 4.74 Å². The zero-order valence-electron chi connectivity index (χ0n) is 10.3. The highest BCUT2D eigenvalue weighted by atomic mass is 16.5. The molecule has 1 aromatic heterocycles. The molecular formula is C13H14N4O2. The SMILES string of the molecule is O=C(Nc1ncn[nH]1)c1cccc(C2CCOC2)c1. The van der Waals surface area contributed by atoms with E-state index in [9.17, 15) is 4.79 Å². The van der Waals surface area contributed by atoms with Crippen LogP contribution in [0, 0.1) is 0 Å². The van der Waals surface area contributed by atoms with E-state index in [1.165, 1.54) is 6.33 Å².